The number of benzene rings is 1. The van der Waals surface area contributed by atoms with E-state index >= 15 is 0 Å². The zero-order valence-corrected chi connectivity index (χ0v) is 16.1. The summed E-state index contributed by atoms with van der Waals surface area (Å²) in [6.45, 7) is 2.30. The zero-order chi connectivity index (χ0) is 20.1. The van der Waals surface area contributed by atoms with Gasteiger partial charge in [-0.2, -0.15) is 0 Å². The fourth-order valence-electron chi connectivity index (χ4n) is 4.00. The highest BCUT2D eigenvalue weighted by Crippen LogP contribution is 2.35. The van der Waals surface area contributed by atoms with Crippen LogP contribution in [0.15, 0.2) is 24.3 Å². The first-order chi connectivity index (χ1) is 13.4. The second-order valence-corrected chi connectivity index (χ2v) is 8.03. The molecule has 1 saturated heterocycles. The maximum Gasteiger partial charge on any atom is 0.308 e. The lowest BCUT2D eigenvalue weighted by molar-refractivity contribution is -0.145. The van der Waals surface area contributed by atoms with E-state index in [9.17, 15) is 19.1 Å². The Morgan fingerprint density at radius 3 is 2.57 bits per heavy atom. The van der Waals surface area contributed by atoms with Crippen LogP contribution in [-0.4, -0.2) is 54.2 Å². The van der Waals surface area contributed by atoms with E-state index in [0.717, 1.165) is 12.2 Å². The van der Waals surface area contributed by atoms with Crippen molar-refractivity contribution < 1.29 is 23.8 Å². The average molecular weight is 392 g/mol. The van der Waals surface area contributed by atoms with E-state index in [1.165, 1.54) is 25.0 Å². The molecule has 1 aromatic rings. The van der Waals surface area contributed by atoms with Gasteiger partial charge in [0, 0.05) is 25.6 Å². The first-order valence-corrected chi connectivity index (χ1v) is 10.0. The summed E-state index contributed by atoms with van der Waals surface area (Å²) in [7, 11) is 0. The number of aliphatic carboxylic acids is 1. The molecule has 0 radical (unpaired) electrons. The summed E-state index contributed by atoms with van der Waals surface area (Å²) < 4.78 is 19.1. The van der Waals surface area contributed by atoms with Crippen LogP contribution in [0.3, 0.4) is 0 Å². The Hall–Kier alpha value is -1.99. The number of carboxylic acid groups (broad SMARTS) is 1. The van der Waals surface area contributed by atoms with Gasteiger partial charge in [-0.3, -0.25) is 14.5 Å². The van der Waals surface area contributed by atoms with Gasteiger partial charge in [0.05, 0.1) is 12.5 Å². The molecule has 154 valence electrons. The summed E-state index contributed by atoms with van der Waals surface area (Å²) in [6.07, 6.45) is 3.89. The number of amides is 1. The van der Waals surface area contributed by atoms with Crippen LogP contribution in [0.4, 0.5) is 4.39 Å². The SMILES string of the molecule is NC(=O)CCC(COCC1CC1)N1CCC(c2ccc(F)cc2)[C@H](C(=O)O)C1. The normalized spacial score (nSPS) is 24.0. The number of nitrogens with two attached hydrogens (primary N) is 1. The molecule has 2 aliphatic rings. The molecule has 1 aromatic carbocycles. The Kier molecular flexibility index (Phi) is 7.02. The summed E-state index contributed by atoms with van der Waals surface area (Å²) in [5.74, 6) is -1.63. The molecule has 1 saturated carbocycles. The lowest BCUT2D eigenvalue weighted by Crippen LogP contribution is -2.49. The molecule has 2 unspecified atom stereocenters. The van der Waals surface area contributed by atoms with E-state index in [4.69, 9.17) is 10.5 Å². The molecule has 0 bridgehead atoms. The smallest absolute Gasteiger partial charge is 0.308 e. The van der Waals surface area contributed by atoms with E-state index in [2.05, 4.69) is 4.90 Å². The summed E-state index contributed by atoms with van der Waals surface area (Å²) in [5.41, 5.74) is 6.17. The van der Waals surface area contributed by atoms with Gasteiger partial charge in [-0.05, 0) is 61.8 Å². The van der Waals surface area contributed by atoms with Gasteiger partial charge in [-0.1, -0.05) is 12.1 Å². The van der Waals surface area contributed by atoms with E-state index in [0.29, 0.717) is 38.5 Å². The standard InChI is InChI=1S/C21H29FN2O4/c22-16-5-3-15(4-6-16)18-9-10-24(11-19(18)21(26)27)17(7-8-20(23)25)13-28-12-14-1-2-14/h3-6,14,17-19H,1-2,7-13H2,(H2,23,25)(H,26,27)/t17?,18?,19-/m1/s1. The van der Waals surface area contributed by atoms with E-state index in [1.807, 2.05) is 0 Å². The van der Waals surface area contributed by atoms with E-state index in [-0.39, 0.29) is 30.1 Å². The van der Waals surface area contributed by atoms with Crippen LogP contribution in [-0.2, 0) is 14.3 Å². The van der Waals surface area contributed by atoms with Gasteiger partial charge in [-0.15, -0.1) is 0 Å². The predicted molar refractivity (Wildman–Crippen MR) is 102 cm³/mol. The molecule has 28 heavy (non-hydrogen) atoms. The number of carbonyl (C=O) groups excluding carboxylic acids is 1. The molecule has 3 atom stereocenters. The molecule has 0 spiro atoms. The Balaban J connectivity index is 1.66. The third-order valence-corrected chi connectivity index (χ3v) is 5.86. The molecule has 3 N–H and O–H groups in total. The van der Waals surface area contributed by atoms with Gasteiger partial charge in [-0.25, -0.2) is 4.39 Å². The molecule has 6 nitrogen and oxygen atoms in total. The monoisotopic (exact) mass is 392 g/mol. The number of hydrogen-bond donors (Lipinski definition) is 2. The minimum atomic E-state index is -0.855. The van der Waals surface area contributed by atoms with Crippen molar-refractivity contribution in [3.8, 4) is 0 Å². The van der Waals surface area contributed by atoms with Crippen molar-refractivity contribution in [1.29, 1.82) is 0 Å². The van der Waals surface area contributed by atoms with Crippen molar-refractivity contribution in [2.45, 2.75) is 44.1 Å². The van der Waals surface area contributed by atoms with Crippen LogP contribution in [0.2, 0.25) is 0 Å². The van der Waals surface area contributed by atoms with Crippen LogP contribution in [0.5, 0.6) is 0 Å². The quantitative estimate of drug-likeness (QED) is 0.638. The van der Waals surface area contributed by atoms with Crippen molar-refractivity contribution in [2.24, 2.45) is 17.6 Å². The molecule has 1 aliphatic heterocycles. The van der Waals surface area contributed by atoms with Gasteiger partial charge < -0.3 is 15.6 Å². The molecular formula is C21H29FN2O4. The minimum absolute atomic E-state index is 0.0257. The van der Waals surface area contributed by atoms with Gasteiger partial charge in [0.25, 0.3) is 0 Å². The number of piperidine rings is 1. The molecular weight excluding hydrogens is 363 g/mol. The van der Waals surface area contributed by atoms with Crippen LogP contribution in [0.1, 0.15) is 43.6 Å². The third-order valence-electron chi connectivity index (χ3n) is 5.86. The number of primary amides is 1. The highest BCUT2D eigenvalue weighted by molar-refractivity contribution is 5.73. The number of carbonyl (C=O) groups is 2. The maximum absolute atomic E-state index is 13.2. The molecule has 0 aromatic heterocycles. The molecule has 1 heterocycles. The highest BCUT2D eigenvalue weighted by Gasteiger charge is 2.37. The fraction of sp³-hybridized carbons (Fsp3) is 0.619. The Morgan fingerprint density at radius 1 is 1.25 bits per heavy atom. The molecule has 2 fully saturated rings. The Morgan fingerprint density at radius 2 is 1.96 bits per heavy atom. The fourth-order valence-corrected chi connectivity index (χ4v) is 4.00. The predicted octanol–water partition coefficient (Wildman–Crippen LogP) is 2.38. The number of likely N-dealkylation sites (tertiary alicyclic amines) is 1. The third kappa shape index (κ3) is 5.75. The summed E-state index contributed by atoms with van der Waals surface area (Å²) in [6, 6.07) is 6.08. The molecule has 3 rings (SSSR count). The van der Waals surface area contributed by atoms with Gasteiger partial charge in [0.15, 0.2) is 0 Å². The van der Waals surface area contributed by atoms with Crippen molar-refractivity contribution in [2.75, 3.05) is 26.3 Å². The van der Waals surface area contributed by atoms with Crippen LogP contribution in [0, 0.1) is 17.7 Å². The second kappa shape index (κ2) is 9.47. The van der Waals surface area contributed by atoms with Crippen molar-refractivity contribution in [3.05, 3.63) is 35.6 Å². The zero-order valence-electron chi connectivity index (χ0n) is 16.1. The molecule has 1 amide bonds. The van der Waals surface area contributed by atoms with Crippen LogP contribution in [0.25, 0.3) is 0 Å². The van der Waals surface area contributed by atoms with E-state index < -0.39 is 11.9 Å². The highest BCUT2D eigenvalue weighted by atomic mass is 19.1. The topological polar surface area (TPSA) is 92.9 Å². The van der Waals surface area contributed by atoms with Gasteiger partial charge >= 0.3 is 5.97 Å². The Labute approximate surface area is 164 Å². The number of nitrogens with zero attached hydrogens (tertiary/aromatic N) is 1. The first-order valence-electron chi connectivity index (χ1n) is 10.0. The van der Waals surface area contributed by atoms with E-state index in [1.54, 1.807) is 12.1 Å². The molecule has 7 heteroatoms. The summed E-state index contributed by atoms with van der Waals surface area (Å²) in [5, 5.41) is 9.79. The summed E-state index contributed by atoms with van der Waals surface area (Å²) >= 11 is 0. The second-order valence-electron chi connectivity index (χ2n) is 8.03. The Bertz CT molecular complexity index is 677. The first kappa shape index (κ1) is 20.7. The van der Waals surface area contributed by atoms with Crippen molar-refractivity contribution in [1.82, 2.24) is 4.90 Å². The lowest BCUT2D eigenvalue weighted by atomic mass is 9.80. The van der Waals surface area contributed by atoms with Crippen molar-refractivity contribution >= 4 is 11.9 Å². The van der Waals surface area contributed by atoms with Gasteiger partial charge in [0.1, 0.15) is 5.82 Å². The number of ether oxygens (including phenoxy) is 1. The number of hydrogen-bond acceptors (Lipinski definition) is 4. The molecule has 1 aliphatic carbocycles. The minimum Gasteiger partial charge on any atom is -0.481 e. The number of carboxylic acids is 1. The maximum atomic E-state index is 13.2. The lowest BCUT2D eigenvalue weighted by Gasteiger charge is -2.41. The average Bonchev–Trinajstić information content (AvgIpc) is 3.49. The summed E-state index contributed by atoms with van der Waals surface area (Å²) in [4.78, 5) is 25.3. The van der Waals surface area contributed by atoms with Crippen molar-refractivity contribution in [3.63, 3.8) is 0 Å². The number of halogens is 1. The van der Waals surface area contributed by atoms with Crippen LogP contribution >= 0.6 is 0 Å². The van der Waals surface area contributed by atoms with Crippen LogP contribution < -0.4 is 5.73 Å². The van der Waals surface area contributed by atoms with Gasteiger partial charge in [0.2, 0.25) is 5.91 Å². The largest absolute Gasteiger partial charge is 0.481 e. The number of rotatable bonds is 10.